The van der Waals surface area contributed by atoms with E-state index in [9.17, 15) is 9.90 Å². The lowest BCUT2D eigenvalue weighted by Gasteiger charge is -2.06. The summed E-state index contributed by atoms with van der Waals surface area (Å²) in [6, 6.07) is 23.5. The van der Waals surface area contributed by atoms with Crippen LogP contribution >= 0.6 is 0 Å². The summed E-state index contributed by atoms with van der Waals surface area (Å²) in [6.07, 6.45) is 3.43. The summed E-state index contributed by atoms with van der Waals surface area (Å²) in [7, 11) is 0. The van der Waals surface area contributed by atoms with Gasteiger partial charge in [-0.05, 0) is 66.2 Å². The third-order valence-electron chi connectivity index (χ3n) is 4.06. The largest absolute Gasteiger partial charge is 0.508 e. The van der Waals surface area contributed by atoms with Crippen molar-refractivity contribution in [1.82, 2.24) is 0 Å². The zero-order valence-electron chi connectivity index (χ0n) is 14.3. The van der Waals surface area contributed by atoms with E-state index in [1.165, 1.54) is 0 Å². The minimum absolute atomic E-state index is 0.181. The van der Waals surface area contributed by atoms with Gasteiger partial charge in [-0.2, -0.15) is 0 Å². The maximum atomic E-state index is 12.1. The third-order valence-corrected chi connectivity index (χ3v) is 4.06. The van der Waals surface area contributed by atoms with Crippen LogP contribution in [0, 0.1) is 0 Å². The summed E-state index contributed by atoms with van der Waals surface area (Å²) in [4.78, 5) is 12.1. The van der Waals surface area contributed by atoms with Crippen molar-refractivity contribution in [1.29, 1.82) is 0 Å². The second-order valence-electron chi connectivity index (χ2n) is 6.03. The molecule has 1 aliphatic heterocycles. The number of esters is 1. The van der Waals surface area contributed by atoms with Gasteiger partial charge in [0, 0.05) is 5.56 Å². The number of aromatic hydroxyl groups is 1. The first-order valence-corrected chi connectivity index (χ1v) is 8.45. The molecule has 0 saturated heterocycles. The van der Waals surface area contributed by atoms with Crippen LogP contribution < -0.4 is 4.74 Å². The Morgan fingerprint density at radius 3 is 2.19 bits per heavy atom. The van der Waals surface area contributed by atoms with Crippen molar-refractivity contribution in [2.45, 2.75) is 0 Å². The van der Waals surface area contributed by atoms with Gasteiger partial charge in [-0.1, -0.05) is 30.3 Å². The van der Waals surface area contributed by atoms with Crippen molar-refractivity contribution in [2.75, 3.05) is 0 Å². The molecule has 1 N–H and O–H groups in total. The first kappa shape index (κ1) is 16.7. The molecular formula is C23H16O4. The first-order valence-electron chi connectivity index (χ1n) is 8.45. The maximum Gasteiger partial charge on any atom is 0.343 e. The van der Waals surface area contributed by atoms with Gasteiger partial charge in [0.1, 0.15) is 23.0 Å². The quantitative estimate of drug-likeness (QED) is 0.518. The van der Waals surface area contributed by atoms with Crippen molar-refractivity contribution in [3.05, 3.63) is 102 Å². The lowest BCUT2D eigenvalue weighted by Crippen LogP contribution is -1.97. The van der Waals surface area contributed by atoms with Gasteiger partial charge in [-0.25, -0.2) is 4.79 Å². The van der Waals surface area contributed by atoms with Crippen LogP contribution in [0.5, 0.6) is 17.2 Å². The number of para-hydroxylation sites is 1. The fourth-order valence-corrected chi connectivity index (χ4v) is 2.69. The number of phenols is 1. The molecule has 1 heterocycles. The summed E-state index contributed by atoms with van der Waals surface area (Å²) in [6.45, 7) is 0. The molecule has 0 bridgehead atoms. The highest BCUT2D eigenvalue weighted by atomic mass is 16.5. The SMILES string of the molecule is O=C1OC(c2ccc(Oc3ccccc3)cc2)=C/C1=C\c1ccc(O)cc1. The van der Waals surface area contributed by atoms with Gasteiger partial charge in [0.2, 0.25) is 0 Å². The number of phenolic OH excluding ortho intramolecular Hbond substituents is 1. The molecule has 132 valence electrons. The number of benzene rings is 3. The van der Waals surface area contributed by atoms with Crippen LogP contribution in [0.15, 0.2) is 90.5 Å². The predicted molar refractivity (Wildman–Crippen MR) is 103 cm³/mol. The third kappa shape index (κ3) is 3.90. The topological polar surface area (TPSA) is 55.8 Å². The minimum Gasteiger partial charge on any atom is -0.508 e. The molecule has 3 aromatic carbocycles. The molecule has 0 aliphatic carbocycles. The molecule has 27 heavy (non-hydrogen) atoms. The smallest absolute Gasteiger partial charge is 0.343 e. The van der Waals surface area contributed by atoms with Crippen LogP contribution in [0.25, 0.3) is 11.8 Å². The van der Waals surface area contributed by atoms with Crippen molar-refractivity contribution in [3.8, 4) is 17.2 Å². The molecule has 4 nitrogen and oxygen atoms in total. The van der Waals surface area contributed by atoms with Crippen LogP contribution in [0.2, 0.25) is 0 Å². The van der Waals surface area contributed by atoms with Crippen molar-refractivity contribution in [3.63, 3.8) is 0 Å². The van der Waals surface area contributed by atoms with Gasteiger partial charge in [0.15, 0.2) is 0 Å². The molecule has 0 fully saturated rings. The molecule has 0 atom stereocenters. The minimum atomic E-state index is -0.400. The predicted octanol–water partition coefficient (Wildman–Crippen LogP) is 5.17. The molecule has 0 spiro atoms. The maximum absolute atomic E-state index is 12.1. The average molecular weight is 356 g/mol. The van der Waals surface area contributed by atoms with E-state index in [-0.39, 0.29) is 5.75 Å². The summed E-state index contributed by atoms with van der Waals surface area (Å²) >= 11 is 0. The van der Waals surface area contributed by atoms with E-state index >= 15 is 0 Å². The average Bonchev–Trinajstić information content (AvgIpc) is 3.05. The molecule has 0 radical (unpaired) electrons. The molecule has 3 aromatic rings. The van der Waals surface area contributed by atoms with E-state index in [2.05, 4.69) is 0 Å². The van der Waals surface area contributed by atoms with E-state index in [0.29, 0.717) is 17.1 Å². The van der Waals surface area contributed by atoms with Crippen LogP contribution in [0.1, 0.15) is 11.1 Å². The van der Waals surface area contributed by atoms with E-state index in [1.807, 2.05) is 54.6 Å². The molecule has 0 amide bonds. The second-order valence-corrected chi connectivity index (χ2v) is 6.03. The lowest BCUT2D eigenvalue weighted by molar-refractivity contribution is -0.130. The summed E-state index contributed by atoms with van der Waals surface area (Å²) in [5.41, 5.74) is 2.06. The highest BCUT2D eigenvalue weighted by Crippen LogP contribution is 2.29. The van der Waals surface area contributed by atoms with Gasteiger partial charge in [0.25, 0.3) is 0 Å². The second kappa shape index (κ2) is 7.22. The molecule has 4 heteroatoms. The van der Waals surface area contributed by atoms with E-state index in [1.54, 1.807) is 36.4 Å². The number of hydrogen-bond donors (Lipinski definition) is 1. The number of hydrogen-bond acceptors (Lipinski definition) is 4. The van der Waals surface area contributed by atoms with Crippen LogP contribution in [-0.2, 0) is 9.53 Å². The van der Waals surface area contributed by atoms with E-state index < -0.39 is 5.97 Å². The van der Waals surface area contributed by atoms with Crippen LogP contribution in [-0.4, -0.2) is 11.1 Å². The molecule has 0 aromatic heterocycles. The molecular weight excluding hydrogens is 340 g/mol. The molecule has 4 rings (SSSR count). The standard InChI is InChI=1S/C23H16O4/c24-19-10-6-16(7-11-19)14-18-15-22(27-23(18)25)17-8-12-21(13-9-17)26-20-4-2-1-3-5-20/h1-15,24H/b18-14+. The van der Waals surface area contributed by atoms with Crippen molar-refractivity contribution < 1.29 is 19.4 Å². The van der Waals surface area contributed by atoms with Gasteiger partial charge in [-0.15, -0.1) is 0 Å². The Labute approximate surface area is 156 Å². The molecule has 1 aliphatic rings. The fraction of sp³-hybridized carbons (Fsp3) is 0. The summed E-state index contributed by atoms with van der Waals surface area (Å²) in [5.74, 6) is 1.74. The Bertz CT molecular complexity index is 1010. The number of carbonyl (C=O) groups excluding carboxylic acids is 1. The summed E-state index contributed by atoms with van der Waals surface area (Å²) in [5, 5.41) is 9.34. The molecule has 0 unspecified atom stereocenters. The van der Waals surface area contributed by atoms with Gasteiger partial charge < -0.3 is 14.6 Å². The normalized spacial score (nSPS) is 14.7. The Morgan fingerprint density at radius 2 is 1.48 bits per heavy atom. The van der Waals surface area contributed by atoms with Gasteiger partial charge in [-0.3, -0.25) is 0 Å². The first-order chi connectivity index (χ1) is 13.2. The summed E-state index contributed by atoms with van der Waals surface area (Å²) < 4.78 is 11.1. The number of ether oxygens (including phenoxy) is 2. The van der Waals surface area contributed by atoms with Gasteiger partial charge in [0.05, 0.1) is 5.57 Å². The molecule has 0 saturated carbocycles. The fourth-order valence-electron chi connectivity index (χ4n) is 2.69. The number of cyclic esters (lactones) is 1. The zero-order chi connectivity index (χ0) is 18.6. The Kier molecular flexibility index (Phi) is 4.45. The lowest BCUT2D eigenvalue weighted by atomic mass is 10.1. The Morgan fingerprint density at radius 1 is 0.815 bits per heavy atom. The highest BCUT2D eigenvalue weighted by Gasteiger charge is 2.22. The number of carbonyl (C=O) groups is 1. The zero-order valence-corrected chi connectivity index (χ0v) is 14.3. The Hall–Kier alpha value is -3.79. The monoisotopic (exact) mass is 356 g/mol. The highest BCUT2D eigenvalue weighted by molar-refractivity contribution is 6.05. The number of rotatable bonds is 4. The van der Waals surface area contributed by atoms with E-state index in [0.717, 1.165) is 16.9 Å². The van der Waals surface area contributed by atoms with Gasteiger partial charge >= 0.3 is 5.97 Å². The van der Waals surface area contributed by atoms with Crippen molar-refractivity contribution >= 4 is 17.8 Å². The van der Waals surface area contributed by atoms with E-state index in [4.69, 9.17) is 9.47 Å². The van der Waals surface area contributed by atoms with Crippen LogP contribution in [0.3, 0.4) is 0 Å². The Balaban J connectivity index is 1.53. The van der Waals surface area contributed by atoms with Crippen molar-refractivity contribution in [2.24, 2.45) is 0 Å². The van der Waals surface area contributed by atoms with Crippen LogP contribution in [0.4, 0.5) is 0 Å².